The second-order valence-corrected chi connectivity index (χ2v) is 4.62. The lowest BCUT2D eigenvalue weighted by atomic mass is 9.99. The van der Waals surface area contributed by atoms with Crippen LogP contribution in [0.1, 0.15) is 28.4 Å². The fourth-order valence-electron chi connectivity index (χ4n) is 1.56. The predicted octanol–water partition coefficient (Wildman–Crippen LogP) is 1.47. The Morgan fingerprint density at radius 3 is 2.53 bits per heavy atom. The molecule has 0 spiro atoms. The van der Waals surface area contributed by atoms with Crippen LogP contribution in [0.2, 0.25) is 0 Å². The van der Waals surface area contributed by atoms with Crippen LogP contribution in [0.25, 0.3) is 0 Å². The molecule has 0 aliphatic rings. The molecule has 0 saturated heterocycles. The van der Waals surface area contributed by atoms with Gasteiger partial charge in [-0.2, -0.15) is 0 Å². The zero-order chi connectivity index (χ0) is 14.6. The first-order valence-electron chi connectivity index (χ1n) is 5.32. The number of carbonyl (C=O) groups is 1. The van der Waals surface area contributed by atoms with E-state index < -0.39 is 34.4 Å². The first-order chi connectivity index (χ1) is 8.88. The van der Waals surface area contributed by atoms with E-state index in [1.165, 1.54) is 6.07 Å². The molecule has 0 saturated carbocycles. The van der Waals surface area contributed by atoms with Gasteiger partial charge in [-0.3, -0.25) is 10.1 Å². The molecule has 0 amide bonds. The van der Waals surface area contributed by atoms with Gasteiger partial charge in [-0.05, 0) is 24.1 Å². The number of rotatable bonds is 6. The van der Waals surface area contributed by atoms with Crippen LogP contribution in [-0.4, -0.2) is 37.6 Å². The summed E-state index contributed by atoms with van der Waals surface area (Å²) < 4.78 is 0. The Labute approximate surface area is 116 Å². The first-order valence-corrected chi connectivity index (χ1v) is 6.44. The summed E-state index contributed by atoms with van der Waals surface area (Å²) in [6.45, 7) is 0. The molecular formula is C11H12BrNO6. The van der Waals surface area contributed by atoms with Gasteiger partial charge in [-0.1, -0.05) is 15.9 Å². The summed E-state index contributed by atoms with van der Waals surface area (Å²) >= 11 is 3.10. The molecule has 1 aromatic rings. The SMILES string of the molecule is O=C(O)c1cc(C(O)C(O)CCBr)ccc1[N+](=O)[O-]. The highest BCUT2D eigenvalue weighted by Gasteiger charge is 2.24. The Balaban J connectivity index is 3.15. The van der Waals surface area contributed by atoms with Gasteiger partial charge in [0, 0.05) is 11.4 Å². The Morgan fingerprint density at radius 2 is 2.05 bits per heavy atom. The van der Waals surface area contributed by atoms with E-state index in [4.69, 9.17) is 5.11 Å². The second-order valence-electron chi connectivity index (χ2n) is 3.83. The van der Waals surface area contributed by atoms with E-state index in [-0.39, 0.29) is 12.0 Å². The maximum absolute atomic E-state index is 10.9. The molecule has 0 aliphatic heterocycles. The molecule has 0 radical (unpaired) electrons. The number of aliphatic hydroxyl groups excluding tert-OH is 2. The summed E-state index contributed by atoms with van der Waals surface area (Å²) in [5.74, 6) is -1.46. The molecule has 2 atom stereocenters. The third-order valence-corrected chi connectivity index (χ3v) is 3.02. The molecule has 0 aliphatic carbocycles. The smallest absolute Gasteiger partial charge is 0.342 e. The monoisotopic (exact) mass is 333 g/mol. The lowest BCUT2D eigenvalue weighted by molar-refractivity contribution is -0.385. The number of carboxylic acid groups (broad SMARTS) is 1. The van der Waals surface area contributed by atoms with Crippen molar-refractivity contribution in [3.05, 3.63) is 39.4 Å². The van der Waals surface area contributed by atoms with Crippen LogP contribution in [-0.2, 0) is 0 Å². The molecule has 19 heavy (non-hydrogen) atoms. The predicted molar refractivity (Wildman–Crippen MR) is 69.4 cm³/mol. The number of halogens is 1. The van der Waals surface area contributed by atoms with Crippen LogP contribution in [0.3, 0.4) is 0 Å². The van der Waals surface area contributed by atoms with Gasteiger partial charge >= 0.3 is 5.97 Å². The summed E-state index contributed by atoms with van der Waals surface area (Å²) in [4.78, 5) is 20.8. The number of hydrogen-bond donors (Lipinski definition) is 3. The molecule has 8 heteroatoms. The van der Waals surface area contributed by atoms with Gasteiger partial charge in [0.05, 0.1) is 11.0 Å². The van der Waals surface area contributed by atoms with Crippen LogP contribution < -0.4 is 0 Å². The van der Waals surface area contributed by atoms with Crippen LogP contribution >= 0.6 is 15.9 Å². The third kappa shape index (κ3) is 3.72. The standard InChI is InChI=1S/C11H12BrNO6/c12-4-3-9(14)10(15)6-1-2-8(13(18)19)7(5-6)11(16)17/h1-2,5,9-10,14-15H,3-4H2,(H,16,17). The molecule has 3 N–H and O–H groups in total. The maximum Gasteiger partial charge on any atom is 0.342 e. The molecule has 0 heterocycles. The Morgan fingerprint density at radius 1 is 1.42 bits per heavy atom. The van der Waals surface area contributed by atoms with Crippen molar-refractivity contribution in [3.8, 4) is 0 Å². The van der Waals surface area contributed by atoms with Crippen molar-refractivity contribution in [1.82, 2.24) is 0 Å². The lowest BCUT2D eigenvalue weighted by Crippen LogP contribution is -2.19. The highest BCUT2D eigenvalue weighted by Crippen LogP contribution is 2.26. The van der Waals surface area contributed by atoms with Gasteiger partial charge in [0.2, 0.25) is 0 Å². The van der Waals surface area contributed by atoms with Crippen LogP contribution in [0.4, 0.5) is 5.69 Å². The Hall–Kier alpha value is -1.51. The van der Waals surface area contributed by atoms with E-state index in [0.717, 1.165) is 12.1 Å². The molecule has 0 aromatic heterocycles. The second kappa shape index (κ2) is 6.60. The van der Waals surface area contributed by atoms with Crippen molar-refractivity contribution < 1.29 is 25.0 Å². The summed E-state index contributed by atoms with van der Waals surface area (Å²) in [6.07, 6.45) is -2.11. The average Bonchev–Trinajstić information content (AvgIpc) is 2.37. The van der Waals surface area contributed by atoms with Gasteiger partial charge in [-0.25, -0.2) is 4.79 Å². The molecule has 2 unspecified atom stereocenters. The highest BCUT2D eigenvalue weighted by molar-refractivity contribution is 9.09. The number of carboxylic acids is 1. The minimum atomic E-state index is -1.46. The normalized spacial score (nSPS) is 13.8. The van der Waals surface area contributed by atoms with Crippen molar-refractivity contribution in [2.45, 2.75) is 18.6 Å². The van der Waals surface area contributed by atoms with Crippen molar-refractivity contribution >= 4 is 27.6 Å². The van der Waals surface area contributed by atoms with Gasteiger partial charge in [0.15, 0.2) is 0 Å². The third-order valence-electron chi connectivity index (χ3n) is 2.56. The summed E-state index contributed by atoms with van der Waals surface area (Å²) in [6, 6.07) is 3.23. The number of benzene rings is 1. The van der Waals surface area contributed by atoms with E-state index >= 15 is 0 Å². The molecule has 0 fully saturated rings. The maximum atomic E-state index is 10.9. The van der Waals surface area contributed by atoms with E-state index in [1.54, 1.807) is 0 Å². The molecule has 1 rings (SSSR count). The minimum Gasteiger partial charge on any atom is -0.477 e. The Bertz CT molecular complexity index is 492. The minimum absolute atomic E-state index is 0.122. The summed E-state index contributed by atoms with van der Waals surface area (Å²) in [7, 11) is 0. The number of aromatic carboxylic acids is 1. The first kappa shape index (κ1) is 15.5. The number of nitrogens with zero attached hydrogens (tertiary/aromatic N) is 1. The quantitative estimate of drug-likeness (QED) is 0.411. The van der Waals surface area contributed by atoms with Gasteiger partial charge in [-0.15, -0.1) is 0 Å². The molecule has 0 bridgehead atoms. The molecule has 1 aromatic carbocycles. The number of alkyl halides is 1. The molecular weight excluding hydrogens is 322 g/mol. The molecule has 7 nitrogen and oxygen atoms in total. The van der Waals surface area contributed by atoms with Crippen molar-refractivity contribution in [3.63, 3.8) is 0 Å². The number of nitro groups is 1. The number of hydrogen-bond acceptors (Lipinski definition) is 5. The molecule has 104 valence electrons. The largest absolute Gasteiger partial charge is 0.477 e. The summed E-state index contributed by atoms with van der Waals surface area (Å²) in [5.41, 5.74) is -0.956. The van der Waals surface area contributed by atoms with Crippen LogP contribution in [0, 0.1) is 10.1 Å². The van der Waals surface area contributed by atoms with Crippen molar-refractivity contribution in [2.75, 3.05) is 5.33 Å². The van der Waals surface area contributed by atoms with Gasteiger partial charge in [0.25, 0.3) is 5.69 Å². The lowest BCUT2D eigenvalue weighted by Gasteiger charge is -2.17. The van der Waals surface area contributed by atoms with E-state index in [2.05, 4.69) is 15.9 Å². The van der Waals surface area contributed by atoms with E-state index in [1.807, 2.05) is 0 Å². The fraction of sp³-hybridized carbons (Fsp3) is 0.364. The zero-order valence-electron chi connectivity index (χ0n) is 9.69. The number of aliphatic hydroxyl groups is 2. The van der Waals surface area contributed by atoms with Gasteiger partial charge < -0.3 is 15.3 Å². The Kier molecular flexibility index (Phi) is 5.40. The van der Waals surface area contributed by atoms with Crippen LogP contribution in [0.5, 0.6) is 0 Å². The van der Waals surface area contributed by atoms with Crippen molar-refractivity contribution in [1.29, 1.82) is 0 Å². The zero-order valence-corrected chi connectivity index (χ0v) is 11.3. The fourth-order valence-corrected chi connectivity index (χ4v) is 2.03. The highest BCUT2D eigenvalue weighted by atomic mass is 79.9. The van der Waals surface area contributed by atoms with Crippen LogP contribution in [0.15, 0.2) is 18.2 Å². The van der Waals surface area contributed by atoms with Crippen molar-refractivity contribution in [2.24, 2.45) is 0 Å². The van der Waals surface area contributed by atoms with E-state index in [0.29, 0.717) is 5.33 Å². The van der Waals surface area contributed by atoms with E-state index in [9.17, 15) is 25.1 Å². The summed E-state index contributed by atoms with van der Waals surface area (Å²) in [5, 5.41) is 39.5. The van der Waals surface area contributed by atoms with Gasteiger partial charge in [0.1, 0.15) is 11.7 Å². The topological polar surface area (TPSA) is 121 Å². The average molecular weight is 334 g/mol. The number of nitro benzene ring substituents is 1.